The van der Waals surface area contributed by atoms with Gasteiger partial charge in [-0.1, -0.05) is 0 Å². The second-order valence-corrected chi connectivity index (χ2v) is 8.60. The van der Waals surface area contributed by atoms with Crippen LogP contribution in [0.15, 0.2) is 4.90 Å². The van der Waals surface area contributed by atoms with E-state index in [1.165, 1.54) is 0 Å². The molecule has 0 radical (unpaired) electrons. The molecule has 2 fully saturated rings. The van der Waals surface area contributed by atoms with Gasteiger partial charge < -0.3 is 24.2 Å². The zero-order chi connectivity index (χ0) is 17.2. The molecular weight excluding hydrogens is 340 g/mol. The van der Waals surface area contributed by atoms with E-state index in [-0.39, 0.29) is 6.04 Å². The largest absolute Gasteiger partial charge is 0.611 e. The van der Waals surface area contributed by atoms with Crippen molar-refractivity contribution in [1.29, 1.82) is 0 Å². The van der Waals surface area contributed by atoms with Gasteiger partial charge in [-0.05, 0) is 36.4 Å². The number of anilines is 2. The highest BCUT2D eigenvalue weighted by Crippen LogP contribution is 2.33. The molecule has 8 heteroatoms. The van der Waals surface area contributed by atoms with Gasteiger partial charge in [-0.3, -0.25) is 0 Å². The first-order chi connectivity index (χ1) is 12.2. The van der Waals surface area contributed by atoms with Crippen molar-refractivity contribution in [2.24, 2.45) is 5.92 Å². The Kier molecular flexibility index (Phi) is 5.30. The number of ether oxygens (including phenoxy) is 2. The maximum atomic E-state index is 12.3. The van der Waals surface area contributed by atoms with Gasteiger partial charge in [-0.2, -0.15) is 4.98 Å². The van der Waals surface area contributed by atoms with Gasteiger partial charge in [0.25, 0.3) is 0 Å². The van der Waals surface area contributed by atoms with Crippen LogP contribution in [0, 0.1) is 5.92 Å². The number of aryl methyl sites for hydroxylation is 1. The number of aromatic nitrogens is 2. The fourth-order valence-corrected chi connectivity index (χ4v) is 4.79. The number of nitrogens with zero attached hydrogens (tertiary/aromatic N) is 3. The van der Waals surface area contributed by atoms with Crippen LogP contribution in [0.1, 0.15) is 25.0 Å². The lowest BCUT2D eigenvalue weighted by atomic mass is 9.96. The lowest BCUT2D eigenvalue weighted by Crippen LogP contribution is -2.41. The third kappa shape index (κ3) is 3.86. The molecule has 0 amide bonds. The van der Waals surface area contributed by atoms with Crippen molar-refractivity contribution in [2.45, 2.75) is 36.6 Å². The molecular formula is C17H26N4O3S. The SMILES string of the molecule is CN(CCC1CCOCC1)c1nc2c(c(NC3COC3)n1)[S+]([O-])CC2. The molecule has 1 aromatic rings. The smallest absolute Gasteiger partial charge is 0.227 e. The lowest BCUT2D eigenvalue weighted by Gasteiger charge is -2.28. The van der Waals surface area contributed by atoms with Crippen molar-refractivity contribution in [1.82, 2.24) is 9.97 Å². The number of rotatable bonds is 6. The molecule has 7 nitrogen and oxygen atoms in total. The molecule has 4 heterocycles. The Morgan fingerprint density at radius 3 is 2.76 bits per heavy atom. The zero-order valence-electron chi connectivity index (χ0n) is 14.7. The Morgan fingerprint density at radius 2 is 2.04 bits per heavy atom. The van der Waals surface area contributed by atoms with Crippen molar-refractivity contribution in [3.05, 3.63) is 5.69 Å². The highest BCUT2D eigenvalue weighted by molar-refractivity contribution is 7.91. The summed E-state index contributed by atoms with van der Waals surface area (Å²) in [5, 5.41) is 3.40. The van der Waals surface area contributed by atoms with Crippen molar-refractivity contribution < 1.29 is 14.0 Å². The molecule has 1 atom stereocenters. The fraction of sp³-hybridized carbons (Fsp3) is 0.765. The van der Waals surface area contributed by atoms with Crippen LogP contribution in [0.4, 0.5) is 11.8 Å². The Hall–Kier alpha value is -1.09. The van der Waals surface area contributed by atoms with Crippen LogP contribution in [0.3, 0.4) is 0 Å². The summed E-state index contributed by atoms with van der Waals surface area (Å²) in [4.78, 5) is 12.3. The molecule has 0 bridgehead atoms. The van der Waals surface area contributed by atoms with E-state index in [0.717, 1.165) is 73.7 Å². The minimum atomic E-state index is -0.993. The Morgan fingerprint density at radius 1 is 1.24 bits per heavy atom. The van der Waals surface area contributed by atoms with E-state index in [9.17, 15) is 4.55 Å². The number of hydrogen-bond acceptors (Lipinski definition) is 7. The average molecular weight is 366 g/mol. The van der Waals surface area contributed by atoms with E-state index in [2.05, 4.69) is 10.2 Å². The summed E-state index contributed by atoms with van der Waals surface area (Å²) in [6.45, 7) is 4.05. The van der Waals surface area contributed by atoms with Gasteiger partial charge in [0.05, 0.1) is 19.3 Å². The fourth-order valence-electron chi connectivity index (χ4n) is 3.48. The van der Waals surface area contributed by atoms with Crippen LogP contribution in [0.25, 0.3) is 0 Å². The van der Waals surface area contributed by atoms with Gasteiger partial charge in [0.15, 0.2) is 5.82 Å². The second-order valence-electron chi connectivity index (χ2n) is 7.09. The highest BCUT2D eigenvalue weighted by Gasteiger charge is 2.34. The monoisotopic (exact) mass is 366 g/mol. The molecule has 138 valence electrons. The molecule has 0 spiro atoms. The minimum Gasteiger partial charge on any atom is -0.611 e. The maximum absolute atomic E-state index is 12.3. The summed E-state index contributed by atoms with van der Waals surface area (Å²) in [6, 6.07) is 0.261. The first-order valence-corrected chi connectivity index (χ1v) is 10.4. The molecule has 4 rings (SSSR count). The molecule has 1 unspecified atom stereocenters. The van der Waals surface area contributed by atoms with Crippen LogP contribution in [-0.2, 0) is 27.1 Å². The summed E-state index contributed by atoms with van der Waals surface area (Å²) in [5.74, 6) is 2.84. The van der Waals surface area contributed by atoms with Crippen LogP contribution >= 0.6 is 0 Å². The van der Waals surface area contributed by atoms with Crippen molar-refractivity contribution in [2.75, 3.05) is 56.0 Å². The standard InChI is InChI=1S/C17H26N4O3S/c1-21(6-2-12-3-7-23-8-4-12)17-19-14-5-9-25(22)15(14)16(20-17)18-13-10-24-11-13/h12-13H,2-11H2,1H3,(H,18,19,20). The summed E-state index contributed by atoms with van der Waals surface area (Å²) in [5.41, 5.74) is 0.934. The van der Waals surface area contributed by atoms with E-state index in [0.29, 0.717) is 19.0 Å². The number of hydrogen-bond donors (Lipinski definition) is 1. The quantitative estimate of drug-likeness (QED) is 0.758. The topological polar surface area (TPSA) is 82.6 Å². The van der Waals surface area contributed by atoms with Gasteiger partial charge in [0, 0.05) is 33.2 Å². The molecule has 2 saturated heterocycles. The third-order valence-corrected chi connectivity index (χ3v) is 6.67. The Balaban J connectivity index is 1.47. The van der Waals surface area contributed by atoms with E-state index < -0.39 is 11.2 Å². The molecule has 3 aliphatic heterocycles. The molecule has 0 aromatic carbocycles. The van der Waals surface area contributed by atoms with E-state index >= 15 is 0 Å². The van der Waals surface area contributed by atoms with Crippen LogP contribution < -0.4 is 10.2 Å². The van der Waals surface area contributed by atoms with Crippen LogP contribution in [0.2, 0.25) is 0 Å². The van der Waals surface area contributed by atoms with Gasteiger partial charge in [-0.25, -0.2) is 4.98 Å². The lowest BCUT2D eigenvalue weighted by molar-refractivity contribution is 0.0208. The highest BCUT2D eigenvalue weighted by atomic mass is 32.2. The molecule has 1 N–H and O–H groups in total. The first kappa shape index (κ1) is 17.3. The molecule has 0 saturated carbocycles. The summed E-state index contributed by atoms with van der Waals surface area (Å²) < 4.78 is 23.0. The van der Waals surface area contributed by atoms with Gasteiger partial charge in [-0.15, -0.1) is 0 Å². The summed E-state index contributed by atoms with van der Waals surface area (Å²) in [6.07, 6.45) is 4.19. The predicted octanol–water partition coefficient (Wildman–Crippen LogP) is 1.20. The van der Waals surface area contributed by atoms with Crippen LogP contribution in [-0.4, -0.2) is 66.3 Å². The normalized spacial score (nSPS) is 24.0. The molecule has 1 aromatic heterocycles. The van der Waals surface area contributed by atoms with Crippen molar-refractivity contribution in [3.8, 4) is 0 Å². The predicted molar refractivity (Wildman–Crippen MR) is 96.7 cm³/mol. The third-order valence-electron chi connectivity index (χ3n) is 5.21. The first-order valence-electron chi connectivity index (χ1n) is 9.13. The van der Waals surface area contributed by atoms with Crippen molar-refractivity contribution >= 4 is 22.9 Å². The Labute approximate surface area is 151 Å². The van der Waals surface area contributed by atoms with Crippen LogP contribution in [0.5, 0.6) is 0 Å². The van der Waals surface area contributed by atoms with E-state index in [4.69, 9.17) is 19.4 Å². The number of nitrogens with one attached hydrogen (secondary N) is 1. The molecule has 25 heavy (non-hydrogen) atoms. The Bertz CT molecular complexity index is 608. The summed E-state index contributed by atoms with van der Waals surface area (Å²) >= 11 is -0.993. The second kappa shape index (κ2) is 7.65. The minimum absolute atomic E-state index is 0.261. The average Bonchev–Trinajstić information content (AvgIpc) is 2.98. The zero-order valence-corrected chi connectivity index (χ0v) is 15.5. The van der Waals surface area contributed by atoms with E-state index in [1.807, 2.05) is 7.05 Å². The summed E-state index contributed by atoms with van der Waals surface area (Å²) in [7, 11) is 2.04. The van der Waals surface area contributed by atoms with Crippen molar-refractivity contribution in [3.63, 3.8) is 0 Å². The van der Waals surface area contributed by atoms with E-state index in [1.54, 1.807) is 0 Å². The number of fused-ring (bicyclic) bond motifs is 1. The molecule has 3 aliphatic rings. The molecule has 0 aliphatic carbocycles. The maximum Gasteiger partial charge on any atom is 0.227 e. The van der Waals surface area contributed by atoms with Gasteiger partial charge in [0.1, 0.15) is 11.4 Å². The van der Waals surface area contributed by atoms with Gasteiger partial charge >= 0.3 is 0 Å². The van der Waals surface area contributed by atoms with Gasteiger partial charge in [0.2, 0.25) is 10.8 Å².